The highest BCUT2D eigenvalue weighted by Gasteiger charge is 2.56. The molecule has 0 aromatic heterocycles. The van der Waals surface area contributed by atoms with Gasteiger partial charge in [0.25, 0.3) is 5.69 Å². The summed E-state index contributed by atoms with van der Waals surface area (Å²) in [7, 11) is 0. The quantitative estimate of drug-likeness (QED) is 0.302. The van der Waals surface area contributed by atoms with E-state index in [2.05, 4.69) is 0 Å². The van der Waals surface area contributed by atoms with Gasteiger partial charge in [-0.3, -0.25) is 15.1 Å². The first-order valence-corrected chi connectivity index (χ1v) is 10.4. The highest BCUT2D eigenvalue weighted by atomic mass is 16.6. The number of nitrogens with zero attached hydrogens (tertiary/aromatic N) is 2. The molecule has 0 N–H and O–H groups in total. The lowest BCUT2D eigenvalue weighted by molar-refractivity contribution is -0.384. The molecule has 0 bridgehead atoms. The van der Waals surface area contributed by atoms with Crippen LogP contribution in [0, 0.1) is 10.1 Å². The van der Waals surface area contributed by atoms with Crippen molar-refractivity contribution in [2.75, 3.05) is 0 Å². The van der Waals surface area contributed by atoms with Crippen molar-refractivity contribution in [2.24, 2.45) is 4.99 Å². The Labute approximate surface area is 186 Å². The van der Waals surface area contributed by atoms with E-state index in [0.29, 0.717) is 5.71 Å². The fraction of sp³-hybridized carbons (Fsp3) is 0.231. The van der Waals surface area contributed by atoms with Crippen molar-refractivity contribution < 1.29 is 14.5 Å². The van der Waals surface area contributed by atoms with Gasteiger partial charge >= 0.3 is 5.97 Å². The Morgan fingerprint density at radius 1 is 0.906 bits per heavy atom. The number of carbonyl (C=O) groups is 1. The molecule has 0 aliphatic carbocycles. The SMILES string of the molecule is CC1(C)N=C(c2ccccc2)[C@@](C)(OC(=O)c2ccc([N+](=O)[O-])cc2)[C@H]1c1ccccc1. The van der Waals surface area contributed by atoms with Gasteiger partial charge in [-0.1, -0.05) is 60.7 Å². The van der Waals surface area contributed by atoms with Gasteiger partial charge in [0.15, 0.2) is 5.60 Å². The maximum atomic E-state index is 13.2. The van der Waals surface area contributed by atoms with Crippen molar-refractivity contribution in [3.8, 4) is 0 Å². The lowest BCUT2D eigenvalue weighted by Gasteiger charge is -2.37. The Kier molecular flexibility index (Phi) is 5.38. The summed E-state index contributed by atoms with van der Waals surface area (Å²) < 4.78 is 6.22. The molecule has 1 heterocycles. The molecule has 1 aliphatic heterocycles. The number of non-ortho nitro benzene ring substituents is 1. The molecule has 2 atom stereocenters. The number of nitro groups is 1. The zero-order valence-corrected chi connectivity index (χ0v) is 18.2. The van der Waals surface area contributed by atoms with E-state index >= 15 is 0 Å². The molecule has 6 nitrogen and oxygen atoms in total. The highest BCUT2D eigenvalue weighted by Crippen LogP contribution is 2.49. The van der Waals surface area contributed by atoms with E-state index < -0.39 is 22.0 Å². The van der Waals surface area contributed by atoms with E-state index in [1.54, 1.807) is 0 Å². The van der Waals surface area contributed by atoms with Crippen molar-refractivity contribution in [1.29, 1.82) is 0 Å². The molecule has 4 rings (SSSR count). The van der Waals surface area contributed by atoms with Gasteiger partial charge < -0.3 is 4.74 Å². The molecule has 0 amide bonds. The van der Waals surface area contributed by atoms with E-state index in [4.69, 9.17) is 9.73 Å². The maximum Gasteiger partial charge on any atom is 0.339 e. The van der Waals surface area contributed by atoms with Gasteiger partial charge in [0.1, 0.15) is 0 Å². The van der Waals surface area contributed by atoms with Crippen LogP contribution in [0.5, 0.6) is 0 Å². The average Bonchev–Trinajstić information content (AvgIpc) is 3.00. The first-order chi connectivity index (χ1) is 15.2. The molecule has 3 aromatic rings. The zero-order valence-electron chi connectivity index (χ0n) is 18.2. The maximum absolute atomic E-state index is 13.2. The van der Waals surface area contributed by atoms with Crippen molar-refractivity contribution in [2.45, 2.75) is 37.8 Å². The molecule has 3 aromatic carbocycles. The standard InChI is InChI=1S/C26H24N2O4/c1-25(2)22(18-10-6-4-7-11-18)26(3,23(27-25)19-12-8-5-9-13-19)32-24(29)20-14-16-21(17-15-20)28(30)31/h4-17,22H,1-3H3/t22-,26-/m0/s1. The molecular weight excluding hydrogens is 404 g/mol. The molecular formula is C26H24N2O4. The van der Waals surface area contributed by atoms with Crippen molar-refractivity contribution in [3.63, 3.8) is 0 Å². The van der Waals surface area contributed by atoms with Crippen LogP contribution in [0.3, 0.4) is 0 Å². The summed E-state index contributed by atoms with van der Waals surface area (Å²) in [6, 6.07) is 25.1. The van der Waals surface area contributed by atoms with E-state index in [-0.39, 0.29) is 17.2 Å². The summed E-state index contributed by atoms with van der Waals surface area (Å²) >= 11 is 0. The number of hydrogen-bond acceptors (Lipinski definition) is 5. The summed E-state index contributed by atoms with van der Waals surface area (Å²) in [6.07, 6.45) is 0. The topological polar surface area (TPSA) is 81.8 Å². The molecule has 6 heteroatoms. The van der Waals surface area contributed by atoms with E-state index in [9.17, 15) is 14.9 Å². The predicted molar refractivity (Wildman–Crippen MR) is 123 cm³/mol. The van der Waals surface area contributed by atoms with Gasteiger partial charge in [-0.2, -0.15) is 0 Å². The van der Waals surface area contributed by atoms with Crippen LogP contribution in [0.4, 0.5) is 5.69 Å². The van der Waals surface area contributed by atoms with Gasteiger partial charge in [0, 0.05) is 12.1 Å². The monoisotopic (exact) mass is 428 g/mol. The second-order valence-electron chi connectivity index (χ2n) is 8.62. The fourth-order valence-corrected chi connectivity index (χ4v) is 4.67. The molecule has 0 unspecified atom stereocenters. The first-order valence-electron chi connectivity index (χ1n) is 10.4. The lowest BCUT2D eigenvalue weighted by atomic mass is 9.72. The van der Waals surface area contributed by atoms with Gasteiger partial charge in [0.05, 0.1) is 27.7 Å². The number of nitro benzene ring substituents is 1. The Morgan fingerprint density at radius 3 is 2.03 bits per heavy atom. The van der Waals surface area contributed by atoms with Gasteiger partial charge in [-0.15, -0.1) is 0 Å². The van der Waals surface area contributed by atoms with Gasteiger partial charge in [0.2, 0.25) is 0 Å². The number of aliphatic imine (C=N–C) groups is 1. The summed E-state index contributed by atoms with van der Waals surface area (Å²) in [4.78, 5) is 28.7. The summed E-state index contributed by atoms with van der Waals surface area (Å²) in [5.41, 5.74) is 1.20. The molecule has 0 saturated heterocycles. The van der Waals surface area contributed by atoms with Crippen LogP contribution in [0.1, 0.15) is 48.2 Å². The molecule has 0 spiro atoms. The Morgan fingerprint density at radius 2 is 1.47 bits per heavy atom. The number of carbonyl (C=O) groups excluding carboxylic acids is 1. The van der Waals surface area contributed by atoms with Gasteiger partial charge in [-0.05, 0) is 44.0 Å². The number of hydrogen-bond donors (Lipinski definition) is 0. The highest BCUT2D eigenvalue weighted by molar-refractivity contribution is 6.10. The average molecular weight is 428 g/mol. The second kappa shape index (κ2) is 8.04. The molecule has 0 fully saturated rings. The number of benzene rings is 3. The van der Waals surface area contributed by atoms with E-state index in [1.807, 2.05) is 81.4 Å². The third-order valence-electron chi connectivity index (χ3n) is 5.93. The van der Waals surface area contributed by atoms with Crippen LogP contribution in [0.2, 0.25) is 0 Å². The summed E-state index contributed by atoms with van der Waals surface area (Å²) in [5, 5.41) is 11.0. The number of rotatable bonds is 5. The zero-order chi connectivity index (χ0) is 22.9. The van der Waals surface area contributed by atoms with Crippen LogP contribution in [-0.4, -0.2) is 27.7 Å². The molecule has 32 heavy (non-hydrogen) atoms. The minimum absolute atomic E-state index is 0.0801. The predicted octanol–water partition coefficient (Wildman–Crippen LogP) is 5.58. The molecule has 162 valence electrons. The van der Waals surface area contributed by atoms with Gasteiger partial charge in [-0.25, -0.2) is 4.79 Å². The molecule has 0 radical (unpaired) electrons. The van der Waals surface area contributed by atoms with Crippen molar-refractivity contribution in [3.05, 3.63) is 112 Å². The number of ether oxygens (including phenoxy) is 1. The lowest BCUT2D eigenvalue weighted by Crippen LogP contribution is -2.46. The smallest absolute Gasteiger partial charge is 0.339 e. The third-order valence-corrected chi connectivity index (χ3v) is 5.93. The largest absolute Gasteiger partial charge is 0.448 e. The Balaban J connectivity index is 1.78. The van der Waals surface area contributed by atoms with Crippen LogP contribution in [0.15, 0.2) is 89.9 Å². The Hall–Kier alpha value is -3.80. The minimum atomic E-state index is -1.05. The van der Waals surface area contributed by atoms with Crippen LogP contribution in [-0.2, 0) is 4.74 Å². The Bertz CT molecular complexity index is 1170. The van der Waals surface area contributed by atoms with Crippen molar-refractivity contribution >= 4 is 17.4 Å². The molecule has 0 saturated carbocycles. The van der Waals surface area contributed by atoms with Crippen LogP contribution >= 0.6 is 0 Å². The first kappa shape index (κ1) is 21.4. The van der Waals surface area contributed by atoms with Crippen LogP contribution in [0.25, 0.3) is 0 Å². The fourth-order valence-electron chi connectivity index (χ4n) is 4.67. The molecule has 1 aliphatic rings. The van der Waals surface area contributed by atoms with E-state index in [0.717, 1.165) is 11.1 Å². The minimum Gasteiger partial charge on any atom is -0.448 e. The summed E-state index contributed by atoms with van der Waals surface area (Å²) in [6.45, 7) is 5.98. The third kappa shape index (κ3) is 3.80. The normalized spacial score (nSPS) is 21.6. The second-order valence-corrected chi connectivity index (χ2v) is 8.62. The number of esters is 1. The van der Waals surface area contributed by atoms with Crippen LogP contribution < -0.4 is 0 Å². The van der Waals surface area contributed by atoms with Crippen molar-refractivity contribution in [1.82, 2.24) is 0 Å². The van der Waals surface area contributed by atoms with E-state index in [1.165, 1.54) is 24.3 Å². The summed E-state index contributed by atoms with van der Waals surface area (Å²) in [5.74, 6) is -0.780.